The van der Waals surface area contributed by atoms with Crippen molar-refractivity contribution >= 4 is 17.5 Å². The first-order chi connectivity index (χ1) is 13.3. The number of anilines is 2. The Bertz CT molecular complexity index is 961. The summed E-state index contributed by atoms with van der Waals surface area (Å²) in [4.78, 5) is 22.6. The minimum absolute atomic E-state index is 0.0395. The van der Waals surface area contributed by atoms with E-state index in [9.17, 15) is 18.0 Å². The molecule has 0 aliphatic carbocycles. The molecule has 3 rings (SSSR count). The third-order valence-electron chi connectivity index (χ3n) is 3.93. The smallest absolute Gasteiger partial charge is 0.340 e. The van der Waals surface area contributed by atoms with E-state index in [2.05, 4.69) is 15.3 Å². The first-order valence-electron chi connectivity index (χ1n) is 8.39. The normalized spacial score (nSPS) is 11.1. The zero-order chi connectivity index (χ0) is 20.1. The van der Waals surface area contributed by atoms with Gasteiger partial charge in [-0.3, -0.25) is 4.79 Å². The van der Waals surface area contributed by atoms with Gasteiger partial charge in [0, 0.05) is 25.5 Å². The van der Waals surface area contributed by atoms with Crippen LogP contribution in [0.4, 0.5) is 24.8 Å². The zero-order valence-corrected chi connectivity index (χ0v) is 14.9. The Morgan fingerprint density at radius 1 is 1.07 bits per heavy atom. The van der Waals surface area contributed by atoms with Gasteiger partial charge in [-0.2, -0.15) is 13.2 Å². The lowest BCUT2D eigenvalue weighted by Gasteiger charge is -2.17. The van der Waals surface area contributed by atoms with E-state index in [1.165, 1.54) is 24.4 Å². The van der Waals surface area contributed by atoms with Crippen LogP contribution in [0.15, 0.2) is 66.9 Å². The van der Waals surface area contributed by atoms with Gasteiger partial charge in [-0.1, -0.05) is 36.4 Å². The van der Waals surface area contributed by atoms with Gasteiger partial charge in [0.05, 0.1) is 5.56 Å². The Morgan fingerprint density at radius 2 is 1.82 bits per heavy atom. The molecule has 8 heteroatoms. The molecule has 28 heavy (non-hydrogen) atoms. The Hall–Kier alpha value is -3.42. The number of alkyl halides is 3. The average Bonchev–Trinajstić information content (AvgIpc) is 2.68. The van der Waals surface area contributed by atoms with Gasteiger partial charge in [0.25, 0.3) is 5.91 Å². The lowest BCUT2D eigenvalue weighted by Crippen LogP contribution is -2.21. The molecule has 1 aromatic heterocycles. The molecule has 3 aromatic rings. The van der Waals surface area contributed by atoms with Crippen molar-refractivity contribution in [3.05, 3.63) is 83.7 Å². The second-order valence-electron chi connectivity index (χ2n) is 6.12. The van der Waals surface area contributed by atoms with Crippen LogP contribution in [0, 0.1) is 0 Å². The number of aromatic nitrogens is 2. The van der Waals surface area contributed by atoms with Crippen LogP contribution in [0.3, 0.4) is 0 Å². The summed E-state index contributed by atoms with van der Waals surface area (Å²) in [7, 11) is 1.79. The van der Waals surface area contributed by atoms with E-state index < -0.39 is 17.6 Å². The maximum absolute atomic E-state index is 12.8. The lowest BCUT2D eigenvalue weighted by molar-refractivity contribution is -0.137. The fourth-order valence-corrected chi connectivity index (χ4v) is 2.56. The van der Waals surface area contributed by atoms with Gasteiger partial charge in [0.15, 0.2) is 0 Å². The molecule has 0 bridgehead atoms. The fourth-order valence-electron chi connectivity index (χ4n) is 2.56. The van der Waals surface area contributed by atoms with Crippen LogP contribution < -0.4 is 10.2 Å². The van der Waals surface area contributed by atoms with Crippen LogP contribution in [0.1, 0.15) is 21.6 Å². The van der Waals surface area contributed by atoms with Crippen molar-refractivity contribution in [1.82, 2.24) is 9.97 Å². The van der Waals surface area contributed by atoms with Gasteiger partial charge in [-0.15, -0.1) is 0 Å². The van der Waals surface area contributed by atoms with Crippen molar-refractivity contribution in [1.29, 1.82) is 0 Å². The molecule has 1 heterocycles. The van der Waals surface area contributed by atoms with Crippen molar-refractivity contribution < 1.29 is 18.0 Å². The summed E-state index contributed by atoms with van der Waals surface area (Å²) in [5.41, 5.74) is 0.309. The third-order valence-corrected chi connectivity index (χ3v) is 3.93. The highest BCUT2D eigenvalue weighted by molar-refractivity contribution is 6.03. The van der Waals surface area contributed by atoms with E-state index in [1.54, 1.807) is 11.9 Å². The number of benzene rings is 2. The SMILES string of the molecule is CN(Cc1ccccc1)c1nccc(C(=O)Nc2cccc(C(F)(F)F)c2)n1. The first kappa shape index (κ1) is 19.3. The minimum atomic E-state index is -4.48. The predicted octanol–water partition coefficient (Wildman–Crippen LogP) is 4.38. The monoisotopic (exact) mass is 386 g/mol. The molecule has 0 fully saturated rings. The van der Waals surface area contributed by atoms with E-state index >= 15 is 0 Å². The van der Waals surface area contributed by atoms with Crippen molar-refractivity contribution in [2.45, 2.75) is 12.7 Å². The van der Waals surface area contributed by atoms with E-state index in [4.69, 9.17) is 0 Å². The van der Waals surface area contributed by atoms with Gasteiger partial charge in [-0.05, 0) is 29.8 Å². The van der Waals surface area contributed by atoms with Crippen LogP contribution in [0.2, 0.25) is 0 Å². The first-order valence-corrected chi connectivity index (χ1v) is 8.39. The van der Waals surface area contributed by atoms with E-state index in [1.807, 2.05) is 30.3 Å². The number of nitrogens with zero attached hydrogens (tertiary/aromatic N) is 3. The van der Waals surface area contributed by atoms with Gasteiger partial charge in [-0.25, -0.2) is 9.97 Å². The second kappa shape index (κ2) is 8.08. The Labute approximate surface area is 159 Å². The molecule has 0 saturated carbocycles. The summed E-state index contributed by atoms with van der Waals surface area (Å²) >= 11 is 0. The van der Waals surface area contributed by atoms with E-state index in [-0.39, 0.29) is 11.4 Å². The maximum Gasteiger partial charge on any atom is 0.416 e. The van der Waals surface area contributed by atoms with Crippen molar-refractivity contribution in [3.63, 3.8) is 0 Å². The molecule has 0 aliphatic heterocycles. The number of carbonyl (C=O) groups excluding carboxylic acids is 1. The molecule has 0 atom stereocenters. The van der Waals surface area contributed by atoms with Crippen molar-refractivity contribution in [3.8, 4) is 0 Å². The molecule has 0 spiro atoms. The number of rotatable bonds is 5. The molecule has 5 nitrogen and oxygen atoms in total. The van der Waals surface area contributed by atoms with Gasteiger partial charge < -0.3 is 10.2 Å². The molecular formula is C20H17F3N4O. The molecule has 1 N–H and O–H groups in total. The molecule has 1 amide bonds. The molecule has 0 aliphatic rings. The lowest BCUT2D eigenvalue weighted by atomic mass is 10.2. The molecule has 2 aromatic carbocycles. The topological polar surface area (TPSA) is 58.1 Å². The number of hydrogen-bond donors (Lipinski definition) is 1. The number of carbonyl (C=O) groups is 1. The van der Waals surface area contributed by atoms with Crippen LogP contribution in [-0.4, -0.2) is 22.9 Å². The summed E-state index contributed by atoms with van der Waals surface area (Å²) in [5, 5.41) is 2.44. The maximum atomic E-state index is 12.8. The zero-order valence-electron chi connectivity index (χ0n) is 14.9. The summed E-state index contributed by atoms with van der Waals surface area (Å²) in [6.45, 7) is 0.541. The number of halogens is 3. The fraction of sp³-hybridized carbons (Fsp3) is 0.150. The number of amides is 1. The predicted molar refractivity (Wildman–Crippen MR) is 100.0 cm³/mol. The Balaban J connectivity index is 1.74. The third kappa shape index (κ3) is 4.85. The highest BCUT2D eigenvalue weighted by Gasteiger charge is 2.30. The van der Waals surface area contributed by atoms with E-state index in [0.29, 0.717) is 12.5 Å². The van der Waals surface area contributed by atoms with Gasteiger partial charge in [0.2, 0.25) is 5.95 Å². The van der Waals surface area contributed by atoms with E-state index in [0.717, 1.165) is 17.7 Å². The highest BCUT2D eigenvalue weighted by atomic mass is 19.4. The molecular weight excluding hydrogens is 369 g/mol. The summed E-state index contributed by atoms with van der Waals surface area (Å²) in [5.74, 6) is -0.281. The molecule has 0 radical (unpaired) electrons. The molecule has 0 saturated heterocycles. The summed E-state index contributed by atoms with van der Waals surface area (Å²) in [6, 6.07) is 15.5. The average molecular weight is 386 g/mol. The molecule has 144 valence electrons. The van der Waals surface area contributed by atoms with Crippen LogP contribution in [-0.2, 0) is 12.7 Å². The quantitative estimate of drug-likeness (QED) is 0.707. The number of hydrogen-bond acceptors (Lipinski definition) is 4. The summed E-state index contributed by atoms with van der Waals surface area (Å²) < 4.78 is 38.4. The highest BCUT2D eigenvalue weighted by Crippen LogP contribution is 2.30. The second-order valence-corrected chi connectivity index (χ2v) is 6.12. The molecule has 0 unspecified atom stereocenters. The van der Waals surface area contributed by atoms with Gasteiger partial charge in [0.1, 0.15) is 5.69 Å². The largest absolute Gasteiger partial charge is 0.416 e. The van der Waals surface area contributed by atoms with Crippen LogP contribution in [0.5, 0.6) is 0 Å². The van der Waals surface area contributed by atoms with Crippen molar-refractivity contribution in [2.24, 2.45) is 0 Å². The Kier molecular flexibility index (Phi) is 5.58. The summed E-state index contributed by atoms with van der Waals surface area (Å²) in [6.07, 6.45) is -3.05. The minimum Gasteiger partial charge on any atom is -0.340 e. The van der Waals surface area contributed by atoms with Crippen LogP contribution in [0.25, 0.3) is 0 Å². The Morgan fingerprint density at radius 3 is 2.54 bits per heavy atom. The number of nitrogens with one attached hydrogen (secondary N) is 1. The van der Waals surface area contributed by atoms with Gasteiger partial charge >= 0.3 is 6.18 Å². The standard InChI is InChI=1S/C20H17F3N4O/c1-27(13-14-6-3-2-4-7-14)19-24-11-10-17(26-19)18(28)25-16-9-5-8-15(12-16)20(21,22)23/h2-12H,13H2,1H3,(H,25,28). The van der Waals surface area contributed by atoms with Crippen LogP contribution >= 0.6 is 0 Å². The van der Waals surface area contributed by atoms with Crippen molar-refractivity contribution in [2.75, 3.05) is 17.3 Å².